The second-order valence-corrected chi connectivity index (χ2v) is 7.53. The van der Waals surface area contributed by atoms with Crippen LogP contribution in [0.3, 0.4) is 0 Å². The molecule has 2 aromatic carbocycles. The van der Waals surface area contributed by atoms with E-state index < -0.39 is 0 Å². The van der Waals surface area contributed by atoms with Gasteiger partial charge in [0.1, 0.15) is 22.1 Å². The van der Waals surface area contributed by atoms with Crippen LogP contribution in [0.15, 0.2) is 78.8 Å². The van der Waals surface area contributed by atoms with E-state index >= 15 is 0 Å². The first kappa shape index (κ1) is 15.4. The summed E-state index contributed by atoms with van der Waals surface area (Å²) in [7, 11) is 0. The molecular formula is C21H14N6S+2. The first-order valence-corrected chi connectivity index (χ1v) is 9.73. The molecule has 1 N–H and O–H groups in total. The highest BCUT2D eigenvalue weighted by molar-refractivity contribution is 7.17. The molecule has 0 bridgehead atoms. The Labute approximate surface area is 163 Å². The van der Waals surface area contributed by atoms with Gasteiger partial charge in [-0.25, -0.2) is 9.97 Å². The molecule has 6 rings (SSSR count). The lowest BCUT2D eigenvalue weighted by atomic mass is 10.2. The van der Waals surface area contributed by atoms with E-state index in [1.807, 2.05) is 40.0 Å². The number of nitrogens with zero attached hydrogens (tertiary/aromatic N) is 5. The minimum absolute atomic E-state index is 0.901. The van der Waals surface area contributed by atoms with Crippen LogP contribution >= 0.6 is 11.3 Å². The summed E-state index contributed by atoms with van der Waals surface area (Å²) in [6.45, 7) is 0. The van der Waals surface area contributed by atoms with Crippen molar-refractivity contribution >= 4 is 43.4 Å². The fourth-order valence-electron chi connectivity index (χ4n) is 3.39. The van der Waals surface area contributed by atoms with Crippen molar-refractivity contribution in [2.24, 2.45) is 0 Å². The number of fused-ring (bicyclic) bond motifs is 3. The van der Waals surface area contributed by atoms with E-state index in [2.05, 4.69) is 57.0 Å². The highest BCUT2D eigenvalue weighted by Crippen LogP contribution is 2.18. The number of hydrogen-bond acceptors (Lipinski definition) is 4. The Balaban J connectivity index is 1.47. The van der Waals surface area contributed by atoms with Crippen molar-refractivity contribution in [3.8, 4) is 11.4 Å². The molecule has 132 valence electrons. The van der Waals surface area contributed by atoms with E-state index in [1.54, 1.807) is 17.7 Å². The van der Waals surface area contributed by atoms with Crippen molar-refractivity contribution < 1.29 is 9.36 Å². The van der Waals surface area contributed by atoms with Gasteiger partial charge in [0.05, 0.1) is 5.52 Å². The van der Waals surface area contributed by atoms with E-state index in [0.717, 1.165) is 38.7 Å². The third-order valence-corrected chi connectivity index (χ3v) is 5.69. The van der Waals surface area contributed by atoms with Gasteiger partial charge in [0.15, 0.2) is 0 Å². The molecule has 0 saturated carbocycles. The van der Waals surface area contributed by atoms with Crippen LogP contribution in [0.1, 0.15) is 0 Å². The van der Waals surface area contributed by atoms with Gasteiger partial charge in [-0.2, -0.15) is 5.10 Å². The summed E-state index contributed by atoms with van der Waals surface area (Å²) in [6.07, 6.45) is 7.47. The zero-order valence-corrected chi connectivity index (χ0v) is 15.5. The summed E-state index contributed by atoms with van der Waals surface area (Å²) in [5.74, 6) is 0. The number of aromatic amines is 1. The summed E-state index contributed by atoms with van der Waals surface area (Å²) in [4.78, 5) is 8.41. The topological polar surface area (TPSA) is 62.2 Å². The number of H-pyrrole nitrogens is 1. The van der Waals surface area contributed by atoms with Crippen LogP contribution in [0.5, 0.6) is 0 Å². The minimum Gasteiger partial charge on any atom is -0.244 e. The summed E-state index contributed by atoms with van der Waals surface area (Å²) >= 11 is 1.72. The van der Waals surface area contributed by atoms with Crippen molar-refractivity contribution in [2.75, 3.05) is 0 Å². The van der Waals surface area contributed by atoms with E-state index in [0.29, 0.717) is 0 Å². The van der Waals surface area contributed by atoms with Crippen molar-refractivity contribution in [3.05, 3.63) is 78.8 Å². The van der Waals surface area contributed by atoms with Crippen molar-refractivity contribution in [2.45, 2.75) is 0 Å². The Kier molecular flexibility index (Phi) is 3.24. The van der Waals surface area contributed by atoms with Gasteiger partial charge < -0.3 is 0 Å². The van der Waals surface area contributed by atoms with Gasteiger partial charge in [-0.1, -0.05) is 9.36 Å². The van der Waals surface area contributed by atoms with E-state index in [9.17, 15) is 0 Å². The monoisotopic (exact) mass is 382 g/mol. The fraction of sp³-hybridized carbons (Fsp3) is 0. The number of aromatic nitrogens is 6. The average Bonchev–Trinajstić information content (AvgIpc) is 3.35. The van der Waals surface area contributed by atoms with Gasteiger partial charge in [-0.15, -0.1) is 11.3 Å². The molecule has 0 spiro atoms. The molecule has 0 aliphatic heterocycles. The van der Waals surface area contributed by atoms with Crippen LogP contribution in [0, 0.1) is 0 Å². The van der Waals surface area contributed by atoms with Crippen LogP contribution in [0.2, 0.25) is 0 Å². The zero-order chi connectivity index (χ0) is 18.5. The predicted octanol–water partition coefficient (Wildman–Crippen LogP) is 3.27. The second-order valence-electron chi connectivity index (χ2n) is 6.58. The standard InChI is InChI=1S/C21H13N6S/c1-3-17(27-12-21-18(24-27)6-8-28-21)10-20-14(1)5-7-26(25-20)16-4-2-15-11-22-13-23-19(15)9-16/h1-13H/q+1/p+1. The Bertz CT molecular complexity index is 1450. The molecule has 0 radical (unpaired) electrons. The van der Waals surface area contributed by atoms with Crippen LogP contribution in [0.25, 0.3) is 43.4 Å². The van der Waals surface area contributed by atoms with Crippen molar-refractivity contribution in [3.63, 3.8) is 0 Å². The predicted molar refractivity (Wildman–Crippen MR) is 108 cm³/mol. The SMILES string of the molecule is c1ncc2ccc(-[n+]3ccc4ccc(-[n+]5cc6sccc6[nH]5)cc4n3)cc2n1. The molecule has 6 aromatic rings. The first-order valence-electron chi connectivity index (χ1n) is 8.85. The van der Waals surface area contributed by atoms with Crippen LogP contribution < -0.4 is 9.36 Å². The third kappa shape index (κ3) is 2.44. The van der Waals surface area contributed by atoms with Crippen LogP contribution in [0.4, 0.5) is 0 Å². The number of nitrogens with one attached hydrogen (secondary N) is 1. The highest BCUT2D eigenvalue weighted by atomic mass is 32.1. The molecule has 0 aliphatic rings. The maximum absolute atomic E-state index is 4.83. The molecule has 0 unspecified atom stereocenters. The summed E-state index contributed by atoms with van der Waals surface area (Å²) < 4.78 is 5.15. The molecule has 0 atom stereocenters. The Morgan fingerprint density at radius 1 is 0.893 bits per heavy atom. The smallest absolute Gasteiger partial charge is 0.240 e. The van der Waals surface area contributed by atoms with Gasteiger partial charge in [0.25, 0.3) is 0 Å². The lowest BCUT2D eigenvalue weighted by molar-refractivity contribution is -0.657. The summed E-state index contributed by atoms with van der Waals surface area (Å²) in [5, 5.41) is 12.4. The van der Waals surface area contributed by atoms with Crippen molar-refractivity contribution in [1.29, 1.82) is 0 Å². The molecule has 6 nitrogen and oxygen atoms in total. The third-order valence-electron chi connectivity index (χ3n) is 4.84. The molecule has 4 aromatic heterocycles. The van der Waals surface area contributed by atoms with Gasteiger partial charge in [0, 0.05) is 52.4 Å². The van der Waals surface area contributed by atoms with Gasteiger partial charge in [-0.05, 0) is 23.6 Å². The lowest BCUT2D eigenvalue weighted by Gasteiger charge is -1.99. The van der Waals surface area contributed by atoms with Crippen LogP contribution in [-0.4, -0.2) is 20.2 Å². The molecule has 0 amide bonds. The van der Waals surface area contributed by atoms with Crippen molar-refractivity contribution in [1.82, 2.24) is 20.2 Å². The summed E-state index contributed by atoms with van der Waals surface area (Å²) in [6, 6.07) is 16.5. The molecule has 28 heavy (non-hydrogen) atoms. The zero-order valence-electron chi connectivity index (χ0n) is 14.6. The quantitative estimate of drug-likeness (QED) is 0.468. The number of benzene rings is 2. The molecular weight excluding hydrogens is 368 g/mol. The Morgan fingerprint density at radius 2 is 1.79 bits per heavy atom. The average molecular weight is 382 g/mol. The maximum Gasteiger partial charge on any atom is 0.240 e. The largest absolute Gasteiger partial charge is 0.244 e. The first-order chi connectivity index (χ1) is 13.8. The molecule has 0 fully saturated rings. The van der Waals surface area contributed by atoms with Gasteiger partial charge in [0.2, 0.25) is 23.8 Å². The summed E-state index contributed by atoms with van der Waals surface area (Å²) in [5.41, 5.74) is 4.98. The van der Waals surface area contributed by atoms with E-state index in [4.69, 9.17) is 5.10 Å². The van der Waals surface area contributed by atoms with Gasteiger partial charge in [-0.3, -0.25) is 0 Å². The Hall–Kier alpha value is -3.71. The normalized spacial score (nSPS) is 11.6. The van der Waals surface area contributed by atoms with Gasteiger partial charge >= 0.3 is 0 Å². The van der Waals surface area contributed by atoms with E-state index in [1.165, 1.54) is 4.70 Å². The molecule has 4 heterocycles. The second kappa shape index (κ2) is 5.90. The van der Waals surface area contributed by atoms with Crippen LogP contribution in [-0.2, 0) is 0 Å². The fourth-order valence-corrected chi connectivity index (χ4v) is 4.15. The Morgan fingerprint density at radius 3 is 2.75 bits per heavy atom. The maximum atomic E-state index is 4.83. The number of rotatable bonds is 2. The highest BCUT2D eigenvalue weighted by Gasteiger charge is 2.16. The molecule has 0 saturated heterocycles. The minimum atomic E-state index is 0.901. The molecule has 0 aliphatic carbocycles. The van der Waals surface area contributed by atoms with E-state index in [-0.39, 0.29) is 0 Å². The lowest BCUT2D eigenvalue weighted by Crippen LogP contribution is -2.35. The number of thiophene rings is 1. The molecule has 7 heteroatoms. The number of hydrogen-bond donors (Lipinski definition) is 1.